The molecule has 0 aliphatic heterocycles. The second kappa shape index (κ2) is 6.26. The molecular formula is C9H7BrF2N2O4. The summed E-state index contributed by atoms with van der Waals surface area (Å²) < 4.78 is 26.0. The van der Waals surface area contributed by atoms with Crippen molar-refractivity contribution < 1.29 is 28.3 Å². The van der Waals surface area contributed by atoms with E-state index in [-0.39, 0.29) is 10.2 Å². The predicted octanol–water partition coefficient (Wildman–Crippen LogP) is 1.86. The van der Waals surface area contributed by atoms with Crippen LogP contribution in [-0.2, 0) is 9.63 Å². The molecule has 2 amide bonds. The van der Waals surface area contributed by atoms with Crippen molar-refractivity contribution >= 4 is 33.6 Å². The lowest BCUT2D eigenvalue weighted by Crippen LogP contribution is -2.31. The van der Waals surface area contributed by atoms with Gasteiger partial charge in [0.1, 0.15) is 5.82 Å². The highest BCUT2D eigenvalue weighted by molar-refractivity contribution is 9.10. The molecule has 18 heavy (non-hydrogen) atoms. The van der Waals surface area contributed by atoms with Gasteiger partial charge in [0.2, 0.25) is 0 Å². The molecule has 6 nitrogen and oxygen atoms in total. The molecule has 1 aromatic carbocycles. The molecule has 0 spiro atoms. The summed E-state index contributed by atoms with van der Waals surface area (Å²) in [5.74, 6) is -3.09. The fourth-order valence-electron chi connectivity index (χ4n) is 0.964. The van der Waals surface area contributed by atoms with E-state index in [1.165, 1.54) is 0 Å². The number of nitrogens with one attached hydrogen (secondary N) is 2. The average molecular weight is 325 g/mol. The van der Waals surface area contributed by atoms with Gasteiger partial charge in [0.25, 0.3) is 0 Å². The van der Waals surface area contributed by atoms with E-state index < -0.39 is 30.2 Å². The van der Waals surface area contributed by atoms with E-state index in [0.29, 0.717) is 6.07 Å². The monoisotopic (exact) mass is 324 g/mol. The summed E-state index contributed by atoms with van der Waals surface area (Å²) >= 11 is 2.86. The Hall–Kier alpha value is -1.74. The molecule has 0 aliphatic rings. The summed E-state index contributed by atoms with van der Waals surface area (Å²) in [7, 11) is 0. The topological polar surface area (TPSA) is 87.7 Å². The number of benzene rings is 1. The molecule has 0 aromatic heterocycles. The van der Waals surface area contributed by atoms with Crippen molar-refractivity contribution in [3.05, 3.63) is 28.2 Å². The Morgan fingerprint density at radius 1 is 1.39 bits per heavy atom. The van der Waals surface area contributed by atoms with Crippen LogP contribution >= 0.6 is 15.9 Å². The zero-order valence-electron chi connectivity index (χ0n) is 8.67. The third-order valence-electron chi connectivity index (χ3n) is 1.61. The number of carboxylic acids is 1. The minimum absolute atomic E-state index is 0.00613. The smallest absolute Gasteiger partial charge is 0.343 e. The molecule has 0 atom stereocenters. The van der Waals surface area contributed by atoms with Gasteiger partial charge in [0.05, 0.1) is 5.69 Å². The van der Waals surface area contributed by atoms with Crippen molar-refractivity contribution in [3.63, 3.8) is 0 Å². The fraction of sp³-hybridized carbons (Fsp3) is 0.111. The molecule has 98 valence electrons. The number of hydrogen-bond acceptors (Lipinski definition) is 3. The van der Waals surface area contributed by atoms with Gasteiger partial charge in [-0.15, -0.1) is 0 Å². The Labute approximate surface area is 108 Å². The molecule has 0 saturated carbocycles. The van der Waals surface area contributed by atoms with Gasteiger partial charge in [-0.1, -0.05) is 0 Å². The van der Waals surface area contributed by atoms with Crippen LogP contribution in [-0.4, -0.2) is 23.7 Å². The summed E-state index contributed by atoms with van der Waals surface area (Å²) in [5.41, 5.74) is 1.42. The summed E-state index contributed by atoms with van der Waals surface area (Å²) in [4.78, 5) is 25.5. The molecule has 0 radical (unpaired) electrons. The fourth-order valence-corrected chi connectivity index (χ4v) is 1.47. The summed E-state index contributed by atoms with van der Waals surface area (Å²) in [5, 5.41) is 10.3. The number of halogens is 3. The van der Waals surface area contributed by atoms with Crippen LogP contribution < -0.4 is 10.8 Å². The molecule has 0 aliphatic carbocycles. The zero-order chi connectivity index (χ0) is 13.7. The molecule has 0 bridgehead atoms. The third-order valence-corrected chi connectivity index (χ3v) is 2.23. The van der Waals surface area contributed by atoms with E-state index >= 15 is 0 Å². The van der Waals surface area contributed by atoms with Crippen LogP contribution in [0.25, 0.3) is 0 Å². The summed E-state index contributed by atoms with van der Waals surface area (Å²) in [6.07, 6.45) is 0. The largest absolute Gasteiger partial charge is 0.479 e. The van der Waals surface area contributed by atoms with Crippen molar-refractivity contribution in [1.82, 2.24) is 5.48 Å². The van der Waals surface area contributed by atoms with Gasteiger partial charge in [0.15, 0.2) is 12.4 Å². The van der Waals surface area contributed by atoms with Gasteiger partial charge in [-0.3, -0.25) is 4.84 Å². The Morgan fingerprint density at radius 3 is 2.61 bits per heavy atom. The van der Waals surface area contributed by atoms with Gasteiger partial charge >= 0.3 is 12.0 Å². The van der Waals surface area contributed by atoms with Gasteiger partial charge in [-0.25, -0.2) is 23.9 Å². The molecule has 0 saturated heterocycles. The number of carbonyl (C=O) groups excluding carboxylic acids is 1. The van der Waals surface area contributed by atoms with Crippen molar-refractivity contribution in [1.29, 1.82) is 0 Å². The van der Waals surface area contributed by atoms with Crippen LogP contribution in [0, 0.1) is 11.6 Å². The molecule has 0 unspecified atom stereocenters. The van der Waals surface area contributed by atoms with Crippen LogP contribution in [0.3, 0.4) is 0 Å². The lowest BCUT2D eigenvalue weighted by Gasteiger charge is -2.09. The van der Waals surface area contributed by atoms with Crippen LogP contribution in [0.15, 0.2) is 16.6 Å². The van der Waals surface area contributed by atoms with E-state index in [0.717, 1.165) is 6.07 Å². The maximum Gasteiger partial charge on any atom is 0.343 e. The number of hydrogen-bond donors (Lipinski definition) is 3. The van der Waals surface area contributed by atoms with Crippen LogP contribution in [0.4, 0.5) is 19.3 Å². The van der Waals surface area contributed by atoms with Gasteiger partial charge in [0, 0.05) is 10.5 Å². The van der Waals surface area contributed by atoms with Gasteiger partial charge in [-0.05, 0) is 22.0 Å². The maximum absolute atomic E-state index is 13.3. The Morgan fingerprint density at radius 2 is 2.06 bits per heavy atom. The molecular weight excluding hydrogens is 318 g/mol. The molecule has 0 heterocycles. The van der Waals surface area contributed by atoms with Crippen LogP contribution in [0.2, 0.25) is 0 Å². The van der Waals surface area contributed by atoms with Crippen LogP contribution in [0.5, 0.6) is 0 Å². The molecule has 9 heteroatoms. The number of rotatable bonds is 4. The highest BCUT2D eigenvalue weighted by Gasteiger charge is 2.12. The van der Waals surface area contributed by atoms with Gasteiger partial charge in [-0.2, -0.15) is 0 Å². The van der Waals surface area contributed by atoms with Gasteiger partial charge < -0.3 is 10.4 Å². The molecule has 0 fully saturated rings. The third kappa shape index (κ3) is 4.26. The minimum atomic E-state index is -1.29. The molecule has 1 aromatic rings. The van der Waals surface area contributed by atoms with Crippen molar-refractivity contribution in [2.45, 2.75) is 0 Å². The number of anilines is 1. The highest BCUT2D eigenvalue weighted by atomic mass is 79.9. The second-order valence-corrected chi connectivity index (χ2v) is 3.84. The van der Waals surface area contributed by atoms with Crippen molar-refractivity contribution in [2.75, 3.05) is 11.9 Å². The SMILES string of the molecule is O=C(O)CONC(=O)Nc1c(F)cc(F)cc1Br. The maximum atomic E-state index is 13.3. The summed E-state index contributed by atoms with van der Waals surface area (Å²) in [6.45, 7) is -0.750. The number of hydroxylamine groups is 1. The van der Waals surface area contributed by atoms with Crippen molar-refractivity contribution in [3.8, 4) is 0 Å². The first kappa shape index (κ1) is 14.3. The van der Waals surface area contributed by atoms with E-state index in [1.54, 1.807) is 5.48 Å². The first-order valence-corrected chi connectivity index (χ1v) is 5.24. The standard InChI is InChI=1S/C9H7BrF2N2O4/c10-5-1-4(11)2-6(12)8(5)13-9(17)14-18-3-7(15)16/h1-2H,3H2,(H,15,16)(H2,13,14,17). The predicted molar refractivity (Wildman–Crippen MR) is 59.8 cm³/mol. The number of amides is 2. The normalized spacial score (nSPS) is 9.94. The Kier molecular flexibility index (Phi) is 4.98. The van der Waals surface area contributed by atoms with E-state index in [9.17, 15) is 18.4 Å². The number of carboxylic acid groups (broad SMARTS) is 1. The summed E-state index contributed by atoms with van der Waals surface area (Å²) in [6, 6.07) is 0.539. The zero-order valence-corrected chi connectivity index (χ0v) is 10.3. The Bertz CT molecular complexity index is 461. The molecule has 1 rings (SSSR count). The van der Waals surface area contributed by atoms with Crippen molar-refractivity contribution in [2.24, 2.45) is 0 Å². The quantitative estimate of drug-likeness (QED) is 0.738. The first-order valence-electron chi connectivity index (χ1n) is 4.45. The number of aliphatic carboxylic acids is 1. The average Bonchev–Trinajstić information content (AvgIpc) is 2.22. The molecule has 3 N–H and O–H groups in total. The number of carbonyl (C=O) groups is 2. The van der Waals surface area contributed by atoms with E-state index in [4.69, 9.17) is 5.11 Å². The lowest BCUT2D eigenvalue weighted by atomic mass is 10.3. The highest BCUT2D eigenvalue weighted by Crippen LogP contribution is 2.26. The lowest BCUT2D eigenvalue weighted by molar-refractivity contribution is -0.143. The number of urea groups is 1. The van der Waals surface area contributed by atoms with E-state index in [1.807, 2.05) is 5.32 Å². The minimum Gasteiger partial charge on any atom is -0.479 e. The Balaban J connectivity index is 2.62. The van der Waals surface area contributed by atoms with Crippen LogP contribution in [0.1, 0.15) is 0 Å². The van der Waals surface area contributed by atoms with E-state index in [2.05, 4.69) is 20.8 Å². The first-order chi connectivity index (χ1) is 8.40. The second-order valence-electron chi connectivity index (χ2n) is 2.98.